The predicted octanol–water partition coefficient (Wildman–Crippen LogP) is 2.73. The van der Waals surface area contributed by atoms with Gasteiger partial charge >= 0.3 is 5.97 Å². The Morgan fingerprint density at radius 1 is 1.21 bits per heavy atom. The van der Waals surface area contributed by atoms with Crippen molar-refractivity contribution in [3.8, 4) is 5.75 Å². The highest BCUT2D eigenvalue weighted by atomic mass is 35.5. The molecule has 0 saturated carbocycles. The van der Waals surface area contributed by atoms with Gasteiger partial charge in [0.2, 0.25) is 5.91 Å². The highest BCUT2D eigenvalue weighted by molar-refractivity contribution is 7.92. The van der Waals surface area contributed by atoms with Crippen LogP contribution in [0.1, 0.15) is 12.8 Å². The number of ether oxygens (including phenoxy) is 1. The van der Waals surface area contributed by atoms with Crippen LogP contribution >= 0.6 is 11.6 Å². The van der Waals surface area contributed by atoms with E-state index in [4.69, 9.17) is 21.4 Å². The molecule has 0 atom stereocenters. The zero-order valence-electron chi connectivity index (χ0n) is 14.6. The summed E-state index contributed by atoms with van der Waals surface area (Å²) in [6, 6.07) is 10.2. The molecule has 0 aromatic heterocycles. The number of carbonyl (C=O) groups is 2. The van der Waals surface area contributed by atoms with E-state index in [0.717, 1.165) is 6.42 Å². The molecule has 1 aliphatic heterocycles. The number of amides is 1. The van der Waals surface area contributed by atoms with Crippen LogP contribution in [0.4, 0.5) is 11.4 Å². The van der Waals surface area contributed by atoms with Gasteiger partial charge in [-0.15, -0.1) is 0 Å². The van der Waals surface area contributed by atoms with Gasteiger partial charge in [-0.2, -0.15) is 0 Å². The van der Waals surface area contributed by atoms with Gasteiger partial charge in [-0.3, -0.25) is 9.52 Å². The molecule has 1 heterocycles. The Morgan fingerprint density at radius 2 is 1.93 bits per heavy atom. The molecule has 2 aromatic rings. The number of benzene rings is 2. The molecule has 10 heteroatoms. The molecular formula is C18H17ClN2O6S. The molecule has 1 aliphatic rings. The summed E-state index contributed by atoms with van der Waals surface area (Å²) in [6.07, 6.45) is 1.32. The normalized spacial score (nSPS) is 14.2. The number of rotatable bonds is 7. The van der Waals surface area contributed by atoms with E-state index in [1.807, 2.05) is 0 Å². The van der Waals surface area contributed by atoms with Crippen molar-refractivity contribution in [1.82, 2.24) is 0 Å². The van der Waals surface area contributed by atoms with Gasteiger partial charge in [0, 0.05) is 24.3 Å². The largest absolute Gasteiger partial charge is 0.480 e. The number of nitrogens with zero attached hydrogens (tertiary/aromatic N) is 1. The van der Waals surface area contributed by atoms with Gasteiger partial charge in [-0.25, -0.2) is 13.2 Å². The van der Waals surface area contributed by atoms with E-state index in [9.17, 15) is 18.0 Å². The Bertz CT molecular complexity index is 1010. The van der Waals surface area contributed by atoms with Gasteiger partial charge in [0.05, 0.1) is 9.92 Å². The van der Waals surface area contributed by atoms with Crippen molar-refractivity contribution < 1.29 is 27.9 Å². The van der Waals surface area contributed by atoms with Gasteiger partial charge in [-0.1, -0.05) is 11.6 Å². The number of carbonyl (C=O) groups excluding carboxylic acids is 1. The van der Waals surface area contributed by atoms with Crippen LogP contribution in [0, 0.1) is 0 Å². The van der Waals surface area contributed by atoms with E-state index in [0.29, 0.717) is 24.3 Å². The number of carboxylic acid groups (broad SMARTS) is 1. The summed E-state index contributed by atoms with van der Waals surface area (Å²) in [4.78, 5) is 23.9. The zero-order valence-corrected chi connectivity index (χ0v) is 16.2. The molecule has 1 saturated heterocycles. The molecule has 0 aliphatic carbocycles. The van der Waals surface area contributed by atoms with Crippen LogP contribution in [-0.4, -0.2) is 38.6 Å². The predicted molar refractivity (Wildman–Crippen MR) is 103 cm³/mol. The fraction of sp³-hybridized carbons (Fsp3) is 0.222. The molecule has 3 rings (SSSR count). The van der Waals surface area contributed by atoms with Crippen molar-refractivity contribution in [1.29, 1.82) is 0 Å². The van der Waals surface area contributed by atoms with Crippen LogP contribution in [0.15, 0.2) is 47.4 Å². The van der Waals surface area contributed by atoms with Gasteiger partial charge in [0.1, 0.15) is 5.75 Å². The molecule has 0 spiro atoms. The highest BCUT2D eigenvalue weighted by Gasteiger charge is 2.22. The number of nitrogens with one attached hydrogen (secondary N) is 1. The van der Waals surface area contributed by atoms with E-state index in [-0.39, 0.29) is 21.6 Å². The summed E-state index contributed by atoms with van der Waals surface area (Å²) in [7, 11) is -3.91. The SMILES string of the molecule is O=C(O)COc1ccc(S(=O)(=O)Nc2ccc(N3CCCC3=O)cc2)cc1Cl. The number of aliphatic carboxylic acids is 1. The van der Waals surface area contributed by atoms with E-state index in [1.54, 1.807) is 29.2 Å². The Morgan fingerprint density at radius 3 is 2.50 bits per heavy atom. The number of anilines is 2. The Kier molecular flexibility index (Phi) is 5.76. The summed E-state index contributed by atoms with van der Waals surface area (Å²) in [5.41, 5.74) is 1.05. The van der Waals surface area contributed by atoms with Crippen LogP contribution in [0.25, 0.3) is 0 Å². The number of carboxylic acids is 1. The third kappa shape index (κ3) is 4.55. The first-order valence-electron chi connectivity index (χ1n) is 8.34. The highest BCUT2D eigenvalue weighted by Crippen LogP contribution is 2.29. The van der Waals surface area contributed by atoms with E-state index < -0.39 is 22.6 Å². The number of hydrogen-bond donors (Lipinski definition) is 2. The van der Waals surface area contributed by atoms with Gasteiger partial charge in [-0.05, 0) is 48.9 Å². The monoisotopic (exact) mass is 424 g/mol. The molecule has 0 unspecified atom stereocenters. The lowest BCUT2D eigenvalue weighted by Crippen LogP contribution is -2.23. The maximum absolute atomic E-state index is 12.6. The van der Waals surface area contributed by atoms with E-state index in [1.165, 1.54) is 18.2 Å². The lowest BCUT2D eigenvalue weighted by atomic mass is 10.2. The summed E-state index contributed by atoms with van der Waals surface area (Å²) >= 11 is 5.98. The maximum atomic E-state index is 12.6. The van der Waals surface area contributed by atoms with Crippen molar-refractivity contribution in [2.45, 2.75) is 17.7 Å². The van der Waals surface area contributed by atoms with Crippen LogP contribution in [0.3, 0.4) is 0 Å². The average molecular weight is 425 g/mol. The van der Waals surface area contributed by atoms with Gasteiger partial charge < -0.3 is 14.7 Å². The van der Waals surface area contributed by atoms with Gasteiger partial charge in [0.15, 0.2) is 6.61 Å². The molecule has 1 amide bonds. The second-order valence-electron chi connectivity index (χ2n) is 6.08. The van der Waals surface area contributed by atoms with E-state index in [2.05, 4.69) is 4.72 Å². The van der Waals surface area contributed by atoms with Crippen molar-refractivity contribution >= 4 is 44.9 Å². The number of hydrogen-bond acceptors (Lipinski definition) is 5. The first-order chi connectivity index (χ1) is 13.3. The quantitative estimate of drug-likeness (QED) is 0.706. The topological polar surface area (TPSA) is 113 Å². The number of halogens is 1. The summed E-state index contributed by atoms with van der Waals surface area (Å²) in [6.45, 7) is 0.0641. The van der Waals surface area contributed by atoms with Crippen LogP contribution in [-0.2, 0) is 19.6 Å². The lowest BCUT2D eigenvalue weighted by molar-refractivity contribution is -0.139. The standard InChI is InChI=1S/C18H17ClN2O6S/c19-15-10-14(7-8-16(15)27-11-18(23)24)28(25,26)20-12-3-5-13(6-4-12)21-9-1-2-17(21)22/h3-8,10,20H,1-2,9,11H2,(H,23,24). The average Bonchev–Trinajstić information content (AvgIpc) is 3.07. The minimum absolute atomic E-state index is 0.0213. The molecular weight excluding hydrogens is 408 g/mol. The van der Waals surface area contributed by atoms with Crippen LogP contribution in [0.2, 0.25) is 5.02 Å². The summed E-state index contributed by atoms with van der Waals surface area (Å²) < 4.78 is 32.5. The molecule has 0 bridgehead atoms. The van der Waals surface area contributed by atoms with Crippen LogP contribution < -0.4 is 14.4 Å². The second kappa shape index (κ2) is 8.07. The minimum atomic E-state index is -3.91. The molecule has 1 fully saturated rings. The van der Waals surface area contributed by atoms with Crippen LogP contribution in [0.5, 0.6) is 5.75 Å². The second-order valence-corrected chi connectivity index (χ2v) is 8.17. The molecule has 8 nitrogen and oxygen atoms in total. The first kappa shape index (κ1) is 20.0. The van der Waals surface area contributed by atoms with Crippen molar-refractivity contribution in [2.75, 3.05) is 22.8 Å². The molecule has 148 valence electrons. The summed E-state index contributed by atoms with van der Waals surface area (Å²) in [5, 5.41) is 8.60. The molecule has 2 aromatic carbocycles. The minimum Gasteiger partial charge on any atom is -0.480 e. The first-order valence-corrected chi connectivity index (χ1v) is 10.2. The summed E-state index contributed by atoms with van der Waals surface area (Å²) in [5.74, 6) is -1.05. The third-order valence-electron chi connectivity index (χ3n) is 4.07. The fourth-order valence-electron chi connectivity index (χ4n) is 2.75. The van der Waals surface area contributed by atoms with Crippen molar-refractivity contribution in [3.63, 3.8) is 0 Å². The third-order valence-corrected chi connectivity index (χ3v) is 5.74. The Labute approximate surface area is 166 Å². The fourth-order valence-corrected chi connectivity index (χ4v) is 4.13. The van der Waals surface area contributed by atoms with Gasteiger partial charge in [0.25, 0.3) is 10.0 Å². The lowest BCUT2D eigenvalue weighted by Gasteiger charge is -2.16. The Balaban J connectivity index is 1.73. The van der Waals surface area contributed by atoms with Crippen molar-refractivity contribution in [2.24, 2.45) is 0 Å². The Hall–Kier alpha value is -2.78. The number of sulfonamides is 1. The zero-order chi connectivity index (χ0) is 20.3. The maximum Gasteiger partial charge on any atom is 0.341 e. The molecule has 28 heavy (non-hydrogen) atoms. The van der Waals surface area contributed by atoms with E-state index >= 15 is 0 Å². The smallest absolute Gasteiger partial charge is 0.341 e. The van der Waals surface area contributed by atoms with Crippen molar-refractivity contribution in [3.05, 3.63) is 47.5 Å². The molecule has 0 radical (unpaired) electrons. The molecule has 2 N–H and O–H groups in total.